The molecule has 1 aromatic heterocycles. The molecule has 0 aliphatic carbocycles. The van der Waals surface area contributed by atoms with Crippen molar-refractivity contribution in [2.45, 2.75) is 0 Å². The minimum absolute atomic E-state index is 0.647. The van der Waals surface area contributed by atoms with E-state index in [1.165, 1.54) is 0 Å². The van der Waals surface area contributed by atoms with Crippen molar-refractivity contribution in [2.24, 2.45) is 0 Å². The van der Waals surface area contributed by atoms with Crippen molar-refractivity contribution in [1.29, 1.82) is 5.26 Å². The molecule has 0 aliphatic rings. The highest BCUT2D eigenvalue weighted by atomic mass is 79.9. The molecule has 1 heterocycles. The van der Waals surface area contributed by atoms with Gasteiger partial charge in [-0.2, -0.15) is 5.26 Å². The van der Waals surface area contributed by atoms with Crippen molar-refractivity contribution in [3.8, 4) is 11.8 Å². The predicted octanol–water partition coefficient (Wildman–Crippen LogP) is 3.27. The van der Waals surface area contributed by atoms with Crippen LogP contribution in [0.2, 0.25) is 0 Å². The zero-order valence-electron chi connectivity index (χ0n) is 7.48. The fourth-order valence-corrected chi connectivity index (χ4v) is 2.32. The third kappa shape index (κ3) is 2.11. The van der Waals surface area contributed by atoms with Gasteiger partial charge >= 0.3 is 0 Å². The van der Waals surface area contributed by atoms with E-state index in [0.717, 1.165) is 15.0 Å². The number of aromatic nitrogens is 2. The molecule has 0 unspecified atom stereocenters. The van der Waals surface area contributed by atoms with E-state index in [2.05, 4.69) is 42.9 Å². The lowest BCUT2D eigenvalue weighted by Crippen LogP contribution is -1.92. The molecule has 0 saturated carbocycles. The number of imidazole rings is 1. The number of nitrogens with zero attached hydrogens (tertiary/aromatic N) is 3. The first-order chi connectivity index (χ1) is 7.20. The monoisotopic (exact) mass is 325 g/mol. The minimum atomic E-state index is 0.647. The zero-order valence-corrected chi connectivity index (χ0v) is 10.7. The molecule has 1 aromatic carbocycles. The lowest BCUT2D eigenvalue weighted by molar-refractivity contribution is 1.01. The average Bonchev–Trinajstić information content (AvgIpc) is 2.58. The van der Waals surface area contributed by atoms with E-state index in [-0.39, 0.29) is 0 Å². The lowest BCUT2D eigenvalue weighted by atomic mass is 10.2. The Morgan fingerprint density at radius 2 is 1.87 bits per heavy atom. The van der Waals surface area contributed by atoms with Gasteiger partial charge < -0.3 is 0 Å². The molecule has 0 amide bonds. The van der Waals surface area contributed by atoms with Gasteiger partial charge in [0.1, 0.15) is 4.60 Å². The Morgan fingerprint density at radius 1 is 1.20 bits per heavy atom. The molecule has 2 rings (SSSR count). The number of rotatable bonds is 1. The van der Waals surface area contributed by atoms with Crippen molar-refractivity contribution in [3.63, 3.8) is 0 Å². The summed E-state index contributed by atoms with van der Waals surface area (Å²) in [6.45, 7) is 0. The molecular weight excluding hydrogens is 322 g/mol. The smallest absolute Gasteiger partial charge is 0.182 e. The van der Waals surface area contributed by atoms with Crippen LogP contribution in [-0.2, 0) is 0 Å². The second-order valence-electron chi connectivity index (χ2n) is 2.86. The molecule has 0 atom stereocenters. The van der Waals surface area contributed by atoms with E-state index >= 15 is 0 Å². The Bertz CT molecular complexity index is 523. The summed E-state index contributed by atoms with van der Waals surface area (Å²) in [6, 6.07) is 9.37. The first-order valence-corrected chi connectivity index (χ1v) is 5.70. The number of hydrogen-bond acceptors (Lipinski definition) is 2. The summed E-state index contributed by atoms with van der Waals surface area (Å²) < 4.78 is 3.36. The van der Waals surface area contributed by atoms with Gasteiger partial charge in [-0.1, -0.05) is 0 Å². The molecular formula is C10H5Br2N3. The molecule has 0 spiro atoms. The third-order valence-corrected chi connectivity index (χ3v) is 2.85. The van der Waals surface area contributed by atoms with Crippen LogP contribution in [0.5, 0.6) is 0 Å². The predicted molar refractivity (Wildman–Crippen MR) is 63.7 cm³/mol. The SMILES string of the molecule is N#Cc1ccc(-n2cc(Br)nc2Br)cc1. The molecule has 5 heteroatoms. The van der Waals surface area contributed by atoms with Gasteiger partial charge in [0.25, 0.3) is 0 Å². The van der Waals surface area contributed by atoms with E-state index in [4.69, 9.17) is 5.26 Å². The molecule has 0 bridgehead atoms. The highest BCUT2D eigenvalue weighted by Crippen LogP contribution is 2.20. The van der Waals surface area contributed by atoms with Gasteiger partial charge in [-0.15, -0.1) is 0 Å². The van der Waals surface area contributed by atoms with Crippen LogP contribution in [0.4, 0.5) is 0 Å². The van der Waals surface area contributed by atoms with Crippen molar-refractivity contribution in [1.82, 2.24) is 9.55 Å². The number of nitriles is 1. The maximum absolute atomic E-state index is 8.67. The van der Waals surface area contributed by atoms with Crippen LogP contribution >= 0.6 is 31.9 Å². The molecule has 15 heavy (non-hydrogen) atoms. The fourth-order valence-electron chi connectivity index (χ4n) is 1.21. The van der Waals surface area contributed by atoms with Crippen LogP contribution in [0.15, 0.2) is 39.8 Å². The Hall–Kier alpha value is -1.12. The highest BCUT2D eigenvalue weighted by Gasteiger charge is 2.04. The second kappa shape index (κ2) is 4.17. The molecule has 74 valence electrons. The van der Waals surface area contributed by atoms with Crippen LogP contribution in [0.1, 0.15) is 5.56 Å². The molecule has 0 saturated heterocycles. The summed E-state index contributed by atoms with van der Waals surface area (Å²) in [5.74, 6) is 0. The highest BCUT2D eigenvalue weighted by molar-refractivity contribution is 9.11. The van der Waals surface area contributed by atoms with Gasteiger partial charge in [0.15, 0.2) is 4.73 Å². The summed E-state index contributed by atoms with van der Waals surface area (Å²) in [6.07, 6.45) is 1.85. The molecule has 0 aliphatic heterocycles. The largest absolute Gasteiger partial charge is 0.293 e. The Labute approximate surface area is 104 Å². The summed E-state index contributed by atoms with van der Waals surface area (Å²) in [4.78, 5) is 4.16. The van der Waals surface area contributed by atoms with Crippen molar-refractivity contribution in [2.75, 3.05) is 0 Å². The van der Waals surface area contributed by atoms with Gasteiger partial charge in [-0.05, 0) is 56.1 Å². The van der Waals surface area contributed by atoms with Crippen LogP contribution in [-0.4, -0.2) is 9.55 Å². The zero-order chi connectivity index (χ0) is 10.8. The average molecular weight is 327 g/mol. The second-order valence-corrected chi connectivity index (χ2v) is 4.38. The lowest BCUT2D eigenvalue weighted by Gasteiger charge is -2.02. The van der Waals surface area contributed by atoms with Crippen LogP contribution in [0.25, 0.3) is 5.69 Å². The molecule has 2 aromatic rings. The number of benzene rings is 1. The summed E-state index contributed by atoms with van der Waals surface area (Å²) >= 11 is 6.64. The van der Waals surface area contributed by atoms with E-state index in [1.54, 1.807) is 12.1 Å². The van der Waals surface area contributed by atoms with E-state index in [1.807, 2.05) is 22.9 Å². The molecule has 0 fully saturated rings. The third-order valence-electron chi connectivity index (χ3n) is 1.91. The maximum Gasteiger partial charge on any atom is 0.182 e. The van der Waals surface area contributed by atoms with Gasteiger partial charge in [0, 0.05) is 11.9 Å². The van der Waals surface area contributed by atoms with Crippen molar-refractivity contribution >= 4 is 31.9 Å². The normalized spacial score (nSPS) is 9.93. The quantitative estimate of drug-likeness (QED) is 0.807. The minimum Gasteiger partial charge on any atom is -0.293 e. The molecule has 3 nitrogen and oxygen atoms in total. The Balaban J connectivity index is 2.46. The summed E-state index contributed by atoms with van der Waals surface area (Å²) in [5.41, 5.74) is 1.60. The van der Waals surface area contributed by atoms with E-state index in [9.17, 15) is 0 Å². The van der Waals surface area contributed by atoms with Crippen LogP contribution in [0.3, 0.4) is 0 Å². The Morgan fingerprint density at radius 3 is 2.33 bits per heavy atom. The molecule has 0 N–H and O–H groups in total. The summed E-state index contributed by atoms with van der Waals surface area (Å²) in [7, 11) is 0. The van der Waals surface area contributed by atoms with E-state index in [0.29, 0.717) is 5.56 Å². The standard InChI is InChI=1S/C10H5Br2N3/c11-9-6-15(10(12)14-9)8-3-1-7(5-13)2-4-8/h1-4,6H. The van der Waals surface area contributed by atoms with Gasteiger partial charge in [-0.25, -0.2) is 4.98 Å². The van der Waals surface area contributed by atoms with Crippen LogP contribution < -0.4 is 0 Å². The number of hydrogen-bond donors (Lipinski definition) is 0. The first-order valence-electron chi connectivity index (χ1n) is 4.11. The van der Waals surface area contributed by atoms with Crippen molar-refractivity contribution in [3.05, 3.63) is 45.4 Å². The van der Waals surface area contributed by atoms with E-state index < -0.39 is 0 Å². The maximum atomic E-state index is 8.67. The fraction of sp³-hybridized carbons (Fsp3) is 0. The summed E-state index contributed by atoms with van der Waals surface area (Å²) in [5, 5.41) is 8.67. The Kier molecular flexibility index (Phi) is 2.89. The molecule has 0 radical (unpaired) electrons. The van der Waals surface area contributed by atoms with Crippen molar-refractivity contribution < 1.29 is 0 Å². The van der Waals surface area contributed by atoms with Crippen LogP contribution in [0, 0.1) is 11.3 Å². The van der Waals surface area contributed by atoms with Gasteiger partial charge in [0.05, 0.1) is 11.6 Å². The topological polar surface area (TPSA) is 41.6 Å². The first kappa shape index (κ1) is 10.4. The van der Waals surface area contributed by atoms with Gasteiger partial charge in [0.2, 0.25) is 0 Å². The number of halogens is 2. The van der Waals surface area contributed by atoms with Gasteiger partial charge in [-0.3, -0.25) is 4.57 Å².